The number of hydrogen-bond acceptors (Lipinski definition) is 4. The summed E-state index contributed by atoms with van der Waals surface area (Å²) in [6.07, 6.45) is 0. The minimum atomic E-state index is -0.435. The lowest BCUT2D eigenvalue weighted by molar-refractivity contribution is 0.0923. The average Bonchev–Trinajstić information content (AvgIpc) is 2.60. The van der Waals surface area contributed by atoms with Crippen molar-refractivity contribution < 1.29 is 13.9 Å². The molecule has 0 aliphatic rings. The molecule has 0 saturated heterocycles. The van der Waals surface area contributed by atoms with Crippen molar-refractivity contribution in [2.75, 3.05) is 7.11 Å². The Bertz CT molecular complexity index is 900. The van der Waals surface area contributed by atoms with Crippen LogP contribution in [0.25, 0.3) is 11.0 Å². The van der Waals surface area contributed by atoms with Gasteiger partial charge in [-0.2, -0.15) is 0 Å². The van der Waals surface area contributed by atoms with Crippen LogP contribution in [0.1, 0.15) is 16.1 Å². The Morgan fingerprint density at radius 1 is 1.13 bits per heavy atom. The number of rotatable bonds is 4. The van der Waals surface area contributed by atoms with E-state index >= 15 is 0 Å². The molecule has 0 atom stereocenters. The van der Waals surface area contributed by atoms with Gasteiger partial charge < -0.3 is 14.5 Å². The molecule has 1 heterocycles. The smallest absolute Gasteiger partial charge is 0.287 e. The van der Waals surface area contributed by atoms with Crippen molar-refractivity contribution in [3.63, 3.8) is 0 Å². The summed E-state index contributed by atoms with van der Waals surface area (Å²) in [6.45, 7) is 0.361. The molecule has 0 saturated carbocycles. The van der Waals surface area contributed by atoms with E-state index in [1.54, 1.807) is 18.2 Å². The van der Waals surface area contributed by atoms with Gasteiger partial charge in [-0.05, 0) is 17.7 Å². The van der Waals surface area contributed by atoms with Crippen molar-refractivity contribution in [3.05, 3.63) is 76.1 Å². The highest BCUT2D eigenvalue weighted by atomic mass is 16.5. The molecule has 1 amide bonds. The zero-order chi connectivity index (χ0) is 16.2. The van der Waals surface area contributed by atoms with Gasteiger partial charge in [-0.1, -0.05) is 30.3 Å². The minimum absolute atomic E-state index is 0.0216. The highest BCUT2D eigenvalue weighted by Crippen LogP contribution is 2.19. The van der Waals surface area contributed by atoms with E-state index in [1.165, 1.54) is 13.2 Å². The normalized spacial score (nSPS) is 10.5. The maximum Gasteiger partial charge on any atom is 0.287 e. The molecule has 0 aliphatic heterocycles. The van der Waals surface area contributed by atoms with Crippen molar-refractivity contribution in [1.29, 1.82) is 0 Å². The third-order valence-electron chi connectivity index (χ3n) is 3.46. The molecule has 116 valence electrons. The quantitative estimate of drug-likeness (QED) is 0.804. The first-order chi connectivity index (χ1) is 11.2. The van der Waals surface area contributed by atoms with Crippen LogP contribution in [0.15, 0.2) is 63.8 Å². The summed E-state index contributed by atoms with van der Waals surface area (Å²) in [5.74, 6) is 0.102. The van der Waals surface area contributed by atoms with E-state index < -0.39 is 5.91 Å². The maximum absolute atomic E-state index is 12.2. The molecule has 0 spiro atoms. The largest absolute Gasteiger partial charge is 0.497 e. The van der Waals surface area contributed by atoms with Crippen molar-refractivity contribution >= 4 is 16.9 Å². The Balaban J connectivity index is 1.87. The SMILES string of the molecule is COc1ccc2c(=O)cc(C(=O)NCc3ccccc3)oc2c1. The van der Waals surface area contributed by atoms with E-state index in [2.05, 4.69) is 5.32 Å². The number of methoxy groups -OCH3 is 1. The van der Waals surface area contributed by atoms with Crippen LogP contribution in [0, 0.1) is 0 Å². The molecule has 0 unspecified atom stereocenters. The second kappa shape index (κ2) is 6.36. The summed E-state index contributed by atoms with van der Waals surface area (Å²) in [4.78, 5) is 24.3. The molecule has 2 aromatic carbocycles. The summed E-state index contributed by atoms with van der Waals surface area (Å²) < 4.78 is 10.6. The van der Waals surface area contributed by atoms with E-state index in [0.717, 1.165) is 5.56 Å². The van der Waals surface area contributed by atoms with Crippen LogP contribution in [0.5, 0.6) is 5.75 Å². The fraction of sp³-hybridized carbons (Fsp3) is 0.111. The monoisotopic (exact) mass is 309 g/mol. The molecule has 5 nitrogen and oxygen atoms in total. The number of amides is 1. The Labute approximate surface area is 132 Å². The molecule has 3 rings (SSSR count). The highest BCUT2D eigenvalue weighted by molar-refractivity contribution is 5.93. The number of fused-ring (bicyclic) bond motifs is 1. The minimum Gasteiger partial charge on any atom is -0.497 e. The van der Waals surface area contributed by atoms with Gasteiger partial charge in [0.2, 0.25) is 0 Å². The van der Waals surface area contributed by atoms with Gasteiger partial charge in [-0.3, -0.25) is 9.59 Å². The van der Waals surface area contributed by atoms with Gasteiger partial charge in [-0.25, -0.2) is 0 Å². The zero-order valence-corrected chi connectivity index (χ0v) is 12.5. The molecule has 23 heavy (non-hydrogen) atoms. The lowest BCUT2D eigenvalue weighted by atomic mass is 10.2. The predicted molar refractivity (Wildman–Crippen MR) is 86.6 cm³/mol. The summed E-state index contributed by atoms with van der Waals surface area (Å²) in [5, 5.41) is 3.14. The number of nitrogens with one attached hydrogen (secondary N) is 1. The van der Waals surface area contributed by atoms with Crippen molar-refractivity contribution in [2.24, 2.45) is 0 Å². The first kappa shape index (κ1) is 14.8. The molecular weight excluding hydrogens is 294 g/mol. The van der Waals surface area contributed by atoms with Crippen molar-refractivity contribution in [1.82, 2.24) is 5.32 Å². The van der Waals surface area contributed by atoms with Gasteiger partial charge in [0.25, 0.3) is 5.91 Å². The maximum atomic E-state index is 12.2. The number of carbonyl (C=O) groups is 1. The molecule has 0 aliphatic carbocycles. The second-order valence-corrected chi connectivity index (χ2v) is 5.01. The first-order valence-electron chi connectivity index (χ1n) is 7.11. The van der Waals surface area contributed by atoms with Crippen LogP contribution >= 0.6 is 0 Å². The molecule has 0 radical (unpaired) electrons. The molecule has 3 aromatic rings. The van der Waals surface area contributed by atoms with Crippen LogP contribution in [0.3, 0.4) is 0 Å². The van der Waals surface area contributed by atoms with Crippen LogP contribution in [-0.2, 0) is 6.54 Å². The van der Waals surface area contributed by atoms with Crippen molar-refractivity contribution in [3.8, 4) is 5.75 Å². The summed E-state index contributed by atoms with van der Waals surface area (Å²) in [5.41, 5.74) is 1.02. The Hall–Kier alpha value is -3.08. The van der Waals surface area contributed by atoms with Gasteiger partial charge >= 0.3 is 0 Å². The Morgan fingerprint density at radius 3 is 2.65 bits per heavy atom. The van der Waals surface area contributed by atoms with Crippen LogP contribution in [-0.4, -0.2) is 13.0 Å². The zero-order valence-electron chi connectivity index (χ0n) is 12.5. The van der Waals surface area contributed by atoms with E-state index in [-0.39, 0.29) is 11.2 Å². The fourth-order valence-corrected chi connectivity index (χ4v) is 2.24. The lowest BCUT2D eigenvalue weighted by Crippen LogP contribution is -2.23. The third kappa shape index (κ3) is 3.23. The van der Waals surface area contributed by atoms with Gasteiger partial charge in [0.1, 0.15) is 11.3 Å². The molecule has 0 fully saturated rings. The van der Waals surface area contributed by atoms with E-state index in [9.17, 15) is 9.59 Å². The Kier molecular flexibility index (Phi) is 4.10. The lowest BCUT2D eigenvalue weighted by Gasteiger charge is -2.06. The summed E-state index contributed by atoms with van der Waals surface area (Å²) >= 11 is 0. The molecule has 1 aromatic heterocycles. The average molecular weight is 309 g/mol. The van der Waals surface area contributed by atoms with Gasteiger partial charge in [0.15, 0.2) is 11.2 Å². The van der Waals surface area contributed by atoms with Crippen LogP contribution < -0.4 is 15.5 Å². The second-order valence-electron chi connectivity index (χ2n) is 5.01. The first-order valence-corrected chi connectivity index (χ1v) is 7.11. The highest BCUT2D eigenvalue weighted by Gasteiger charge is 2.12. The summed E-state index contributed by atoms with van der Waals surface area (Å²) in [6, 6.07) is 15.6. The van der Waals surface area contributed by atoms with E-state index in [0.29, 0.717) is 23.3 Å². The fourth-order valence-electron chi connectivity index (χ4n) is 2.24. The van der Waals surface area contributed by atoms with Crippen LogP contribution in [0.2, 0.25) is 0 Å². The number of benzene rings is 2. The molecule has 5 heteroatoms. The summed E-state index contributed by atoms with van der Waals surface area (Å²) in [7, 11) is 1.52. The number of carbonyl (C=O) groups excluding carboxylic acids is 1. The van der Waals surface area contributed by atoms with E-state index in [4.69, 9.17) is 9.15 Å². The molecular formula is C18H15NO4. The number of ether oxygens (including phenoxy) is 1. The molecule has 1 N–H and O–H groups in total. The van der Waals surface area contributed by atoms with E-state index in [1.807, 2.05) is 30.3 Å². The van der Waals surface area contributed by atoms with Gasteiger partial charge in [0.05, 0.1) is 12.5 Å². The molecule has 0 bridgehead atoms. The third-order valence-corrected chi connectivity index (χ3v) is 3.46. The van der Waals surface area contributed by atoms with Gasteiger partial charge in [-0.15, -0.1) is 0 Å². The topological polar surface area (TPSA) is 68.5 Å². The Morgan fingerprint density at radius 2 is 1.91 bits per heavy atom. The van der Waals surface area contributed by atoms with Crippen LogP contribution in [0.4, 0.5) is 0 Å². The van der Waals surface area contributed by atoms with Crippen molar-refractivity contribution in [2.45, 2.75) is 6.54 Å². The predicted octanol–water partition coefficient (Wildman–Crippen LogP) is 2.73. The number of hydrogen-bond donors (Lipinski definition) is 1. The van der Waals surface area contributed by atoms with Gasteiger partial charge in [0, 0.05) is 18.7 Å². The standard InChI is InChI=1S/C18H15NO4/c1-22-13-7-8-14-15(20)10-17(23-16(14)9-13)18(21)19-11-12-5-3-2-4-6-12/h2-10H,11H2,1H3,(H,19,21).